The highest BCUT2D eigenvalue weighted by atomic mass is 35.5. The van der Waals surface area contributed by atoms with Crippen LogP contribution in [0.3, 0.4) is 0 Å². The average Bonchev–Trinajstić information content (AvgIpc) is 3.00. The van der Waals surface area contributed by atoms with Gasteiger partial charge in [-0.1, -0.05) is 17.7 Å². The molecule has 0 spiro atoms. The minimum atomic E-state index is -3.89. The summed E-state index contributed by atoms with van der Waals surface area (Å²) < 4.78 is 39.8. The maximum Gasteiger partial charge on any atom is 0.216 e. The number of sulfone groups is 1. The number of thiophene rings is 1. The molecule has 0 bridgehead atoms. The van der Waals surface area contributed by atoms with Crippen LogP contribution in [0.5, 0.6) is 0 Å². The van der Waals surface area contributed by atoms with Gasteiger partial charge in [0, 0.05) is 28.7 Å². The molecule has 25 heavy (non-hydrogen) atoms. The predicted molar refractivity (Wildman–Crippen MR) is 97.2 cm³/mol. The molecule has 0 amide bonds. The van der Waals surface area contributed by atoms with Crippen molar-refractivity contribution in [1.82, 2.24) is 10.3 Å². The van der Waals surface area contributed by atoms with Crippen LogP contribution in [-0.4, -0.2) is 20.4 Å². The van der Waals surface area contributed by atoms with Crippen molar-refractivity contribution in [2.45, 2.75) is 15.6 Å². The number of pyridine rings is 1. The van der Waals surface area contributed by atoms with Gasteiger partial charge < -0.3 is 5.32 Å². The third-order valence-corrected chi connectivity index (χ3v) is 7.22. The number of rotatable bonds is 5. The highest BCUT2D eigenvalue weighted by molar-refractivity contribution is 7.93. The van der Waals surface area contributed by atoms with Gasteiger partial charge in [-0.05, 0) is 43.4 Å². The van der Waals surface area contributed by atoms with Crippen LogP contribution in [0.4, 0.5) is 4.39 Å². The van der Waals surface area contributed by atoms with E-state index in [1.54, 1.807) is 25.2 Å². The van der Waals surface area contributed by atoms with E-state index in [9.17, 15) is 12.8 Å². The van der Waals surface area contributed by atoms with Crippen molar-refractivity contribution in [3.05, 3.63) is 64.5 Å². The molecule has 0 atom stereocenters. The van der Waals surface area contributed by atoms with E-state index in [-0.39, 0.29) is 14.3 Å². The van der Waals surface area contributed by atoms with Gasteiger partial charge in [0.25, 0.3) is 0 Å². The Morgan fingerprint density at radius 2 is 2.00 bits per heavy atom. The summed E-state index contributed by atoms with van der Waals surface area (Å²) in [6, 6.07) is 10.2. The average molecular weight is 397 g/mol. The Kier molecular flexibility index (Phi) is 5.19. The van der Waals surface area contributed by atoms with Gasteiger partial charge in [0.05, 0.1) is 4.90 Å². The van der Waals surface area contributed by atoms with Gasteiger partial charge >= 0.3 is 0 Å². The van der Waals surface area contributed by atoms with Gasteiger partial charge in [0.2, 0.25) is 9.84 Å². The summed E-state index contributed by atoms with van der Waals surface area (Å²) in [4.78, 5) is 4.76. The number of nitrogens with one attached hydrogen (secondary N) is 1. The molecule has 0 fully saturated rings. The molecule has 2 heterocycles. The number of nitrogens with zero attached hydrogens (tertiary/aromatic N) is 1. The number of aromatic nitrogens is 1. The Labute approximate surface area is 154 Å². The maximum absolute atomic E-state index is 13.5. The van der Waals surface area contributed by atoms with Gasteiger partial charge in [0.1, 0.15) is 15.2 Å². The molecule has 0 unspecified atom stereocenters. The highest BCUT2D eigenvalue weighted by Crippen LogP contribution is 2.40. The topological polar surface area (TPSA) is 59.1 Å². The molecule has 3 aromatic rings. The van der Waals surface area contributed by atoms with Crippen molar-refractivity contribution in [2.75, 3.05) is 7.05 Å². The number of benzene rings is 1. The summed E-state index contributed by atoms with van der Waals surface area (Å²) in [5.74, 6) is -0.603. The van der Waals surface area contributed by atoms with Gasteiger partial charge in [-0.3, -0.25) is 0 Å². The van der Waals surface area contributed by atoms with Crippen LogP contribution in [0.1, 0.15) is 4.88 Å². The Bertz CT molecular complexity index is 1020. The van der Waals surface area contributed by atoms with E-state index in [1.807, 2.05) is 0 Å². The Balaban J connectivity index is 2.23. The van der Waals surface area contributed by atoms with Gasteiger partial charge in [-0.25, -0.2) is 17.8 Å². The zero-order valence-electron chi connectivity index (χ0n) is 13.2. The molecule has 0 radical (unpaired) electrons. The summed E-state index contributed by atoms with van der Waals surface area (Å²) >= 11 is 7.30. The fourth-order valence-electron chi connectivity index (χ4n) is 2.40. The first-order chi connectivity index (χ1) is 11.9. The SMILES string of the molecule is CNCc1cc(-c2cccnc2Cl)c(S(=O)(=O)c2cccc(F)c2)s1. The molecule has 0 aliphatic carbocycles. The first-order valence-electron chi connectivity index (χ1n) is 7.32. The molecule has 0 aliphatic rings. The largest absolute Gasteiger partial charge is 0.315 e. The lowest BCUT2D eigenvalue weighted by Gasteiger charge is -2.07. The van der Waals surface area contributed by atoms with E-state index in [1.165, 1.54) is 24.4 Å². The van der Waals surface area contributed by atoms with Crippen LogP contribution >= 0.6 is 22.9 Å². The third-order valence-electron chi connectivity index (χ3n) is 3.50. The van der Waals surface area contributed by atoms with Crippen LogP contribution in [0.25, 0.3) is 11.1 Å². The molecular formula is C17H14ClFN2O2S2. The Morgan fingerprint density at radius 3 is 2.68 bits per heavy atom. The predicted octanol–water partition coefficient (Wildman–Crippen LogP) is 4.15. The zero-order valence-corrected chi connectivity index (χ0v) is 15.6. The molecule has 1 N–H and O–H groups in total. The fraction of sp³-hybridized carbons (Fsp3) is 0.118. The van der Waals surface area contributed by atoms with Gasteiger partial charge in [0.15, 0.2) is 0 Å². The molecule has 4 nitrogen and oxygen atoms in total. The molecular weight excluding hydrogens is 383 g/mol. The fourth-order valence-corrected chi connectivity index (χ4v) is 5.78. The summed E-state index contributed by atoms with van der Waals surface area (Å²) in [7, 11) is -2.12. The Morgan fingerprint density at radius 1 is 1.20 bits per heavy atom. The lowest BCUT2D eigenvalue weighted by Crippen LogP contribution is -2.03. The molecule has 130 valence electrons. The lowest BCUT2D eigenvalue weighted by atomic mass is 10.1. The minimum absolute atomic E-state index is 0.0911. The summed E-state index contributed by atoms with van der Waals surface area (Å²) in [5, 5.41) is 3.21. The first-order valence-corrected chi connectivity index (χ1v) is 10.00. The zero-order chi connectivity index (χ0) is 18.0. The number of halogens is 2. The second-order valence-corrected chi connectivity index (χ2v) is 8.89. The van der Waals surface area contributed by atoms with E-state index >= 15 is 0 Å². The van der Waals surface area contributed by atoms with Crippen LogP contribution in [-0.2, 0) is 16.4 Å². The number of hydrogen-bond acceptors (Lipinski definition) is 5. The van der Waals surface area contributed by atoms with Crippen LogP contribution in [0.2, 0.25) is 5.15 Å². The molecule has 2 aromatic heterocycles. The summed E-state index contributed by atoms with van der Waals surface area (Å²) in [6.07, 6.45) is 1.54. The van der Waals surface area contributed by atoms with Crippen molar-refractivity contribution in [3.63, 3.8) is 0 Å². The van der Waals surface area contributed by atoms with E-state index in [2.05, 4.69) is 10.3 Å². The normalized spacial score (nSPS) is 11.6. The van der Waals surface area contributed by atoms with Crippen molar-refractivity contribution >= 4 is 32.8 Å². The number of hydrogen-bond donors (Lipinski definition) is 1. The van der Waals surface area contributed by atoms with Crippen molar-refractivity contribution in [2.24, 2.45) is 0 Å². The van der Waals surface area contributed by atoms with E-state index in [0.717, 1.165) is 22.3 Å². The smallest absolute Gasteiger partial charge is 0.216 e. The molecule has 3 rings (SSSR count). The van der Waals surface area contributed by atoms with E-state index in [0.29, 0.717) is 17.7 Å². The minimum Gasteiger partial charge on any atom is -0.315 e. The molecule has 0 saturated carbocycles. The maximum atomic E-state index is 13.5. The van der Waals surface area contributed by atoms with Gasteiger partial charge in [-0.15, -0.1) is 11.3 Å². The first kappa shape index (κ1) is 18.0. The lowest BCUT2D eigenvalue weighted by molar-refractivity contribution is 0.593. The second kappa shape index (κ2) is 7.21. The summed E-state index contributed by atoms with van der Waals surface area (Å²) in [6.45, 7) is 0.508. The summed E-state index contributed by atoms with van der Waals surface area (Å²) in [5.41, 5.74) is 0.996. The second-order valence-electron chi connectivity index (χ2n) is 5.25. The van der Waals surface area contributed by atoms with E-state index in [4.69, 9.17) is 11.6 Å². The third kappa shape index (κ3) is 3.59. The standard InChI is InChI=1S/C17H14ClFN2O2S2/c1-20-10-12-9-15(14-6-3-7-21-16(14)18)17(24-12)25(22,23)13-5-2-4-11(19)8-13/h2-9,20H,10H2,1H3. The molecule has 8 heteroatoms. The highest BCUT2D eigenvalue weighted by Gasteiger charge is 2.26. The van der Waals surface area contributed by atoms with Crippen LogP contribution in [0.15, 0.2) is 57.8 Å². The van der Waals surface area contributed by atoms with Crippen LogP contribution < -0.4 is 5.32 Å². The monoisotopic (exact) mass is 396 g/mol. The van der Waals surface area contributed by atoms with Crippen molar-refractivity contribution in [3.8, 4) is 11.1 Å². The van der Waals surface area contributed by atoms with Crippen molar-refractivity contribution in [1.29, 1.82) is 0 Å². The quantitative estimate of drug-likeness (QED) is 0.658. The van der Waals surface area contributed by atoms with Crippen molar-refractivity contribution < 1.29 is 12.8 Å². The Hall–Kier alpha value is -1.80. The van der Waals surface area contributed by atoms with Gasteiger partial charge in [-0.2, -0.15) is 0 Å². The van der Waals surface area contributed by atoms with E-state index < -0.39 is 15.7 Å². The van der Waals surface area contributed by atoms with Crippen LogP contribution in [0, 0.1) is 5.82 Å². The molecule has 0 saturated heterocycles. The molecule has 0 aliphatic heterocycles. The molecule has 1 aromatic carbocycles.